The molecule has 4 heterocycles. The van der Waals surface area contributed by atoms with E-state index < -0.39 is 25.8 Å². The first-order valence-electron chi connectivity index (χ1n) is 17.3. The number of ether oxygens (including phenoxy) is 3. The van der Waals surface area contributed by atoms with Gasteiger partial charge in [-0.2, -0.15) is 0 Å². The molecule has 2 aromatic heterocycles. The maximum Gasteiger partial charge on any atom is 1.00 e. The Labute approximate surface area is 348 Å². The third-order valence-electron chi connectivity index (χ3n) is 8.97. The van der Waals surface area contributed by atoms with Crippen molar-refractivity contribution in [3.8, 4) is 0 Å². The molecule has 0 saturated carbocycles. The minimum Gasteiger partial charge on any atom is -1.00 e. The van der Waals surface area contributed by atoms with Gasteiger partial charge in [0.15, 0.2) is 0 Å². The standard InChI is InChI=1S/C19H25NO5S.C17H21NO4S.C2H5ClO.Na.H/c1-23-14-24-19(17-8-9-18(25-17)26(2,21)22)16-10-11-20(13-16)12-15-6-4-3-5-7-15;1-23(20,21)16-8-7-15(22-16)17(19)14-9-10-18(12-14)11-13-5-3-2-4-6-13;1-4-2-3;;/h3-9,16,19H,10-14H2,1-2H3;2-8,14,17,19H,9-12H2,1H3;2H2,1H3;;/q;;;+1;-1. The van der Waals surface area contributed by atoms with E-state index >= 15 is 0 Å². The van der Waals surface area contributed by atoms with E-state index in [9.17, 15) is 21.9 Å². The number of methoxy groups -OCH3 is 2. The smallest absolute Gasteiger partial charge is 1.00 e. The number of halogens is 1. The number of nitrogens with zero attached hydrogens (tertiary/aromatic N) is 2. The minimum atomic E-state index is -3.38. The summed E-state index contributed by atoms with van der Waals surface area (Å²) in [6, 6.07) is 27.0. The fourth-order valence-electron chi connectivity index (χ4n) is 6.40. The normalized spacial score (nSPS) is 18.9. The molecule has 6 rings (SSSR count). The summed E-state index contributed by atoms with van der Waals surface area (Å²) >= 11 is 4.96. The van der Waals surface area contributed by atoms with Crippen molar-refractivity contribution in [3.63, 3.8) is 0 Å². The number of sulfone groups is 2. The molecule has 0 radical (unpaired) electrons. The zero-order valence-electron chi connectivity index (χ0n) is 32.7. The first-order valence-corrected chi connectivity index (χ1v) is 21.6. The van der Waals surface area contributed by atoms with Crippen LogP contribution in [0.15, 0.2) is 104 Å². The van der Waals surface area contributed by atoms with Gasteiger partial charge in [0.1, 0.15) is 36.6 Å². The predicted octanol–water partition coefficient (Wildman–Crippen LogP) is 3.05. The summed E-state index contributed by atoms with van der Waals surface area (Å²) in [5.74, 6) is 1.13. The third-order valence-corrected chi connectivity index (χ3v) is 11.1. The predicted molar refractivity (Wildman–Crippen MR) is 203 cm³/mol. The first-order chi connectivity index (χ1) is 25.3. The summed E-state index contributed by atoms with van der Waals surface area (Å²) in [5, 5.41) is 10.3. The first kappa shape index (κ1) is 46.3. The molecule has 4 unspecified atom stereocenters. The van der Waals surface area contributed by atoms with Crippen molar-refractivity contribution in [1.29, 1.82) is 0 Å². The molecule has 0 amide bonds. The van der Waals surface area contributed by atoms with E-state index in [-0.39, 0.29) is 65.9 Å². The quantitative estimate of drug-likeness (QED) is 0.113. The third kappa shape index (κ3) is 14.5. The van der Waals surface area contributed by atoms with Crippen molar-refractivity contribution in [2.75, 3.05) is 65.8 Å². The molecule has 4 aromatic rings. The van der Waals surface area contributed by atoms with Gasteiger partial charge in [-0.3, -0.25) is 9.80 Å². The summed E-state index contributed by atoms with van der Waals surface area (Å²) in [4.78, 5) is 4.67. The number of alkyl halides is 1. The summed E-state index contributed by atoms with van der Waals surface area (Å²) in [6.07, 6.45) is 2.95. The number of hydrogen-bond donors (Lipinski definition) is 1. The zero-order chi connectivity index (χ0) is 38.4. The number of aliphatic hydroxyl groups is 1. The van der Waals surface area contributed by atoms with Crippen LogP contribution in [0.3, 0.4) is 0 Å². The maximum atomic E-state index is 11.7. The second-order valence-corrected chi connectivity index (χ2v) is 17.3. The Hall–Kier alpha value is -2.05. The Morgan fingerprint density at radius 3 is 1.63 bits per heavy atom. The van der Waals surface area contributed by atoms with Crippen LogP contribution in [0.2, 0.25) is 0 Å². The van der Waals surface area contributed by atoms with Crippen LogP contribution >= 0.6 is 11.6 Å². The van der Waals surface area contributed by atoms with Gasteiger partial charge in [0.2, 0.25) is 29.9 Å². The Morgan fingerprint density at radius 2 is 1.19 bits per heavy atom. The fourth-order valence-corrected chi connectivity index (χ4v) is 7.53. The van der Waals surface area contributed by atoms with E-state index in [2.05, 4.69) is 38.8 Å². The van der Waals surface area contributed by atoms with Gasteiger partial charge in [0.05, 0.1) is 0 Å². The van der Waals surface area contributed by atoms with Gasteiger partial charge in [-0.05, 0) is 61.3 Å². The van der Waals surface area contributed by atoms with Crippen molar-refractivity contribution in [3.05, 3.63) is 108 Å². The summed E-state index contributed by atoms with van der Waals surface area (Å²) in [6.45, 7) is 5.39. The molecule has 0 bridgehead atoms. The monoisotopic (exact) mass is 818 g/mol. The van der Waals surface area contributed by atoms with E-state index in [4.69, 9.17) is 29.9 Å². The van der Waals surface area contributed by atoms with Crippen molar-refractivity contribution < 1.29 is 76.0 Å². The average Bonchev–Trinajstić information content (AvgIpc) is 3.97. The van der Waals surface area contributed by atoms with Crippen LogP contribution < -0.4 is 29.6 Å². The van der Waals surface area contributed by atoms with Crippen molar-refractivity contribution in [1.82, 2.24) is 9.80 Å². The number of rotatable bonds is 14. The Bertz CT molecular complexity index is 1880. The van der Waals surface area contributed by atoms with Crippen LogP contribution in [0.1, 0.15) is 49.1 Å². The van der Waals surface area contributed by atoms with Crippen molar-refractivity contribution >= 4 is 31.3 Å². The van der Waals surface area contributed by atoms with E-state index in [0.29, 0.717) is 17.6 Å². The molecule has 4 atom stereocenters. The average molecular weight is 819 g/mol. The molecule has 16 heteroatoms. The fraction of sp³-hybridized carbons (Fsp3) is 0.474. The van der Waals surface area contributed by atoms with Crippen LogP contribution in [0.4, 0.5) is 0 Å². The minimum absolute atomic E-state index is 0. The number of benzene rings is 2. The molecule has 2 saturated heterocycles. The van der Waals surface area contributed by atoms with E-state index in [1.807, 2.05) is 36.4 Å². The molecule has 2 aliphatic rings. The largest absolute Gasteiger partial charge is 1.00 e. The second kappa shape index (κ2) is 22.6. The van der Waals surface area contributed by atoms with E-state index in [1.54, 1.807) is 26.4 Å². The van der Waals surface area contributed by atoms with Gasteiger partial charge in [-0.1, -0.05) is 72.3 Å². The molecule has 2 aliphatic heterocycles. The van der Waals surface area contributed by atoms with E-state index in [0.717, 1.165) is 64.6 Å². The maximum absolute atomic E-state index is 11.7. The Morgan fingerprint density at radius 1 is 0.741 bits per heavy atom. The molecular weight excluding hydrogens is 767 g/mol. The summed E-state index contributed by atoms with van der Waals surface area (Å²) < 4.78 is 72.4. The van der Waals surface area contributed by atoms with Crippen molar-refractivity contribution in [2.24, 2.45) is 11.8 Å². The van der Waals surface area contributed by atoms with Crippen molar-refractivity contribution in [2.45, 2.75) is 48.3 Å². The van der Waals surface area contributed by atoms with Gasteiger partial charge >= 0.3 is 29.6 Å². The Kier molecular flexibility index (Phi) is 19.4. The number of likely N-dealkylation sites (tertiary alicyclic amines) is 2. The molecule has 2 fully saturated rings. The SMILES string of the molecule is COCCl.COCOC(c1ccc(S(C)(=O)=O)o1)C1CCN(Cc2ccccc2)C1.CS(=O)(=O)c1ccc(C(O)C2CCN(Cc3ccccc3)C2)o1.[H-].[Na+]. The second-order valence-electron chi connectivity index (χ2n) is 13.2. The molecule has 0 spiro atoms. The van der Waals surface area contributed by atoms with Crippen LogP contribution in [0, 0.1) is 11.8 Å². The van der Waals surface area contributed by atoms with Crippen LogP contribution in [-0.4, -0.2) is 97.5 Å². The van der Waals surface area contributed by atoms with Crippen LogP contribution in [-0.2, 0) is 47.0 Å². The zero-order valence-corrected chi connectivity index (χ0v) is 36.1. The van der Waals surface area contributed by atoms with Gasteiger partial charge < -0.3 is 29.6 Å². The molecule has 294 valence electrons. The molecule has 2 aromatic carbocycles. The molecular formula is C38H52ClN2NaO10S2. The van der Waals surface area contributed by atoms with Gasteiger partial charge in [0, 0.05) is 64.7 Å². The number of hydrogen-bond acceptors (Lipinski definition) is 12. The van der Waals surface area contributed by atoms with E-state index in [1.165, 1.54) is 23.3 Å². The summed E-state index contributed by atoms with van der Waals surface area (Å²) in [5.41, 5.74) is 2.53. The van der Waals surface area contributed by atoms with Gasteiger partial charge in [0.25, 0.3) is 0 Å². The number of furan rings is 2. The Balaban J connectivity index is 0.000000337. The van der Waals surface area contributed by atoms with Gasteiger partial charge in [-0.25, -0.2) is 16.8 Å². The summed E-state index contributed by atoms with van der Waals surface area (Å²) in [7, 11) is -3.64. The topological polar surface area (TPSA) is 149 Å². The molecule has 12 nitrogen and oxygen atoms in total. The van der Waals surface area contributed by atoms with Crippen LogP contribution in [0.25, 0.3) is 0 Å². The molecule has 54 heavy (non-hydrogen) atoms. The molecule has 1 N–H and O–H groups in total. The number of aliphatic hydroxyl groups excluding tert-OH is 1. The molecule has 0 aliphatic carbocycles. The van der Waals surface area contributed by atoms with Crippen LogP contribution in [0.5, 0.6) is 0 Å². The van der Waals surface area contributed by atoms with Gasteiger partial charge in [-0.15, -0.1) is 0 Å².